The average Bonchev–Trinajstić information content (AvgIpc) is 3.31. The van der Waals surface area contributed by atoms with Gasteiger partial charge in [-0.25, -0.2) is 8.42 Å². The number of hydrogen-bond donors (Lipinski definition) is 2. The van der Waals surface area contributed by atoms with Crippen LogP contribution < -0.4 is 24.5 Å². The molecule has 0 saturated carbocycles. The summed E-state index contributed by atoms with van der Waals surface area (Å²) >= 11 is 0. The van der Waals surface area contributed by atoms with E-state index in [0.29, 0.717) is 63.2 Å². The number of halogens is 3. The van der Waals surface area contributed by atoms with E-state index in [1.54, 1.807) is 37.5 Å². The molecular formula is C32H30F3N3O7S. The molecule has 0 saturated heterocycles. The van der Waals surface area contributed by atoms with Crippen LogP contribution in [0.4, 0.5) is 13.2 Å². The smallest absolute Gasteiger partial charge is 0.492 e. The summed E-state index contributed by atoms with van der Waals surface area (Å²) in [6.07, 6.45) is -2.23. The zero-order valence-corrected chi connectivity index (χ0v) is 25.8. The predicted molar refractivity (Wildman–Crippen MR) is 166 cm³/mol. The Morgan fingerprint density at radius 1 is 0.978 bits per heavy atom. The molecule has 2 N–H and O–H groups in total. The van der Waals surface area contributed by atoms with Crippen molar-refractivity contribution in [3.05, 3.63) is 94.0 Å². The zero-order valence-electron chi connectivity index (χ0n) is 25.0. The number of alkyl halides is 3. The Kier molecular flexibility index (Phi) is 9.01. The Labute approximate surface area is 261 Å². The number of ether oxygens (including phenoxy) is 3. The number of pyridine rings is 1. The lowest BCUT2D eigenvalue weighted by atomic mass is 10.1. The molecule has 1 amide bonds. The molecule has 10 nitrogen and oxygen atoms in total. The maximum Gasteiger partial charge on any atom is 0.573 e. The number of carbonyl (C=O) groups is 1. The number of para-hydroxylation sites is 1. The van der Waals surface area contributed by atoms with Gasteiger partial charge in [0.25, 0.3) is 5.56 Å². The van der Waals surface area contributed by atoms with Gasteiger partial charge in [0.05, 0.1) is 47.4 Å². The molecule has 242 valence electrons. The summed E-state index contributed by atoms with van der Waals surface area (Å²) in [7, 11) is -4.24. The number of rotatable bonds is 11. The monoisotopic (exact) mass is 657 g/mol. The van der Waals surface area contributed by atoms with Crippen LogP contribution in [0.3, 0.4) is 0 Å². The van der Waals surface area contributed by atoms with Crippen LogP contribution in [-0.4, -0.2) is 43.5 Å². The van der Waals surface area contributed by atoms with Crippen molar-refractivity contribution in [2.45, 2.75) is 39.3 Å². The van der Waals surface area contributed by atoms with E-state index in [2.05, 4.69) is 9.72 Å². The van der Waals surface area contributed by atoms with Gasteiger partial charge in [0.2, 0.25) is 15.9 Å². The quantitative estimate of drug-likeness (QED) is 0.188. The van der Waals surface area contributed by atoms with Gasteiger partial charge in [0, 0.05) is 23.3 Å². The molecule has 3 aromatic carbocycles. The van der Waals surface area contributed by atoms with Gasteiger partial charge >= 0.3 is 6.36 Å². The number of fused-ring (bicyclic) bond motifs is 2. The van der Waals surface area contributed by atoms with Crippen LogP contribution >= 0.6 is 0 Å². The third kappa shape index (κ3) is 6.81. The van der Waals surface area contributed by atoms with Crippen LogP contribution in [0.1, 0.15) is 30.5 Å². The largest absolute Gasteiger partial charge is 0.573 e. The van der Waals surface area contributed by atoms with E-state index in [-0.39, 0.29) is 11.1 Å². The van der Waals surface area contributed by atoms with Gasteiger partial charge in [-0.1, -0.05) is 30.3 Å². The first-order valence-corrected chi connectivity index (χ1v) is 15.9. The first kappa shape index (κ1) is 32.4. The number of benzene rings is 3. The van der Waals surface area contributed by atoms with Gasteiger partial charge < -0.3 is 19.2 Å². The van der Waals surface area contributed by atoms with E-state index in [1.807, 2.05) is 24.6 Å². The molecule has 0 spiro atoms. The molecule has 2 aromatic heterocycles. The molecule has 2 heterocycles. The topological polar surface area (TPSA) is 129 Å². The van der Waals surface area contributed by atoms with Crippen LogP contribution in [0.2, 0.25) is 0 Å². The van der Waals surface area contributed by atoms with Crippen molar-refractivity contribution in [2.75, 3.05) is 13.2 Å². The molecule has 46 heavy (non-hydrogen) atoms. The molecule has 0 fully saturated rings. The average molecular weight is 658 g/mol. The van der Waals surface area contributed by atoms with Crippen molar-refractivity contribution >= 4 is 37.6 Å². The van der Waals surface area contributed by atoms with Gasteiger partial charge in [-0.2, -0.15) is 0 Å². The first-order chi connectivity index (χ1) is 21.8. The standard InChI is InChI=1S/C32H30F3N3O7S/c1-4-43-29-22-10-8-14-36-28(22)30(44-5-2)23-17-38(31(40)27(23)29)24-13-12-20(15-19(24)3)18-46(41,42)37-26(39)16-21-9-6-7-11-25(21)45-32(33,34)35/h6-15,17,36H,4-5,16,18H2,1-3H3,(H,37,39). The van der Waals surface area contributed by atoms with E-state index in [4.69, 9.17) is 9.47 Å². The minimum absolute atomic E-state index is 0.133. The summed E-state index contributed by atoms with van der Waals surface area (Å²) < 4.78 is 83.1. The third-order valence-corrected chi connectivity index (χ3v) is 8.29. The summed E-state index contributed by atoms with van der Waals surface area (Å²) in [5, 5.41) is 1.57. The van der Waals surface area contributed by atoms with Crippen molar-refractivity contribution in [3.63, 3.8) is 0 Å². The number of aryl methyl sites for hydroxylation is 1. The van der Waals surface area contributed by atoms with Crippen LogP contribution in [0.5, 0.6) is 17.2 Å². The highest BCUT2D eigenvalue weighted by Gasteiger charge is 2.32. The molecule has 0 unspecified atom stereocenters. The third-order valence-electron chi connectivity index (χ3n) is 7.03. The Morgan fingerprint density at radius 3 is 2.39 bits per heavy atom. The summed E-state index contributed by atoms with van der Waals surface area (Å²) in [4.78, 5) is 29.6. The number of nitrogens with one attached hydrogen (secondary N) is 2. The zero-order chi connectivity index (χ0) is 33.2. The fourth-order valence-corrected chi connectivity index (χ4v) is 6.43. The number of H-pyrrole nitrogens is 1. The minimum Gasteiger partial charge on any atom is -0.492 e. The number of aromatic nitrogens is 2. The van der Waals surface area contributed by atoms with Crippen molar-refractivity contribution in [1.29, 1.82) is 0 Å². The molecule has 0 aliphatic heterocycles. The highest BCUT2D eigenvalue weighted by atomic mass is 32.2. The highest BCUT2D eigenvalue weighted by Crippen LogP contribution is 2.41. The van der Waals surface area contributed by atoms with Crippen LogP contribution in [0.15, 0.2) is 71.8 Å². The number of hydrogen-bond acceptors (Lipinski definition) is 7. The maximum absolute atomic E-state index is 13.9. The predicted octanol–water partition coefficient (Wildman–Crippen LogP) is 5.67. The lowest BCUT2D eigenvalue weighted by molar-refractivity contribution is -0.274. The van der Waals surface area contributed by atoms with Gasteiger partial charge in [-0.3, -0.25) is 18.9 Å². The van der Waals surface area contributed by atoms with E-state index < -0.39 is 40.2 Å². The van der Waals surface area contributed by atoms with Crippen molar-refractivity contribution in [2.24, 2.45) is 0 Å². The van der Waals surface area contributed by atoms with E-state index in [0.717, 1.165) is 6.07 Å². The summed E-state index contributed by atoms with van der Waals surface area (Å²) in [5.74, 6) is -1.31. The Bertz CT molecular complexity index is 2100. The molecule has 5 aromatic rings. The van der Waals surface area contributed by atoms with Gasteiger partial charge in [-0.15, -0.1) is 13.2 Å². The summed E-state index contributed by atoms with van der Waals surface area (Å²) in [6.45, 7) is 6.05. The van der Waals surface area contributed by atoms with Crippen LogP contribution in [0, 0.1) is 6.92 Å². The second-order valence-electron chi connectivity index (χ2n) is 10.3. The SMILES string of the molecule is CCOc1c2cn(-c3ccc(CS(=O)(=O)NC(=O)Cc4ccccc4OC(F)(F)F)cc3C)c(=O)c2c(OCC)c2ccc[nH]c12. The molecule has 0 aliphatic carbocycles. The lowest BCUT2D eigenvalue weighted by Crippen LogP contribution is -2.33. The van der Waals surface area contributed by atoms with Crippen LogP contribution in [0.25, 0.3) is 27.4 Å². The van der Waals surface area contributed by atoms with E-state index >= 15 is 0 Å². The Hall–Kier alpha value is -4.98. The minimum atomic E-state index is -4.98. The van der Waals surface area contributed by atoms with E-state index in [9.17, 15) is 31.2 Å². The molecule has 0 atom stereocenters. The van der Waals surface area contributed by atoms with Crippen molar-refractivity contribution in [3.8, 4) is 22.9 Å². The fraction of sp³-hybridized carbons (Fsp3) is 0.250. The first-order valence-electron chi connectivity index (χ1n) is 14.2. The number of aromatic amines is 1. The van der Waals surface area contributed by atoms with Crippen LogP contribution in [-0.2, 0) is 27.0 Å². The maximum atomic E-state index is 13.9. The molecule has 14 heteroatoms. The number of carbonyl (C=O) groups excluding carboxylic acids is 1. The van der Waals surface area contributed by atoms with Crippen molar-refractivity contribution in [1.82, 2.24) is 14.3 Å². The lowest BCUT2D eigenvalue weighted by Gasteiger charge is -2.13. The Balaban J connectivity index is 1.42. The fourth-order valence-electron chi connectivity index (χ4n) is 5.32. The molecule has 0 aliphatic rings. The van der Waals surface area contributed by atoms with Gasteiger partial charge in [0.15, 0.2) is 5.75 Å². The Morgan fingerprint density at radius 2 is 1.70 bits per heavy atom. The summed E-state index contributed by atoms with van der Waals surface area (Å²) in [6, 6.07) is 13.3. The second-order valence-corrected chi connectivity index (χ2v) is 12.0. The highest BCUT2D eigenvalue weighted by molar-refractivity contribution is 7.89. The second kappa shape index (κ2) is 12.8. The number of sulfonamides is 1. The van der Waals surface area contributed by atoms with Gasteiger partial charge in [-0.05, 0) is 56.2 Å². The van der Waals surface area contributed by atoms with Gasteiger partial charge in [0.1, 0.15) is 11.5 Å². The summed E-state index contributed by atoms with van der Waals surface area (Å²) in [5.41, 5.74) is 1.57. The molecule has 5 rings (SSSR count). The van der Waals surface area contributed by atoms with E-state index in [1.165, 1.54) is 28.8 Å². The molecule has 0 bridgehead atoms. The normalized spacial score (nSPS) is 12.0. The number of nitrogens with zero attached hydrogens (tertiary/aromatic N) is 1. The molecular weight excluding hydrogens is 627 g/mol. The number of amides is 1. The molecule has 0 radical (unpaired) electrons. The van der Waals surface area contributed by atoms with Crippen molar-refractivity contribution < 1.29 is 40.6 Å².